The first kappa shape index (κ1) is 40.0. The standard InChI is InChI=1S/C13H16N2O2.C8H18O3.C4H10O3.C4H10O/c1-2-3-9-11-12(16)14-15(13(11)17)10-7-5-4-6-8-10;1-2-3-5-10-7-8-11-6-4-9;5-1-3-7-4-2-6;1-3-5-4-2/h4-8,11H,2-3,9H2,1H3,(H,14,16);9H,2-8H2,1H3;5-6H,1-4H2;3-4H2,1-2H3. The number of rotatable bonds is 18. The Balaban J connectivity index is 0. The number of ether oxygens (including phenoxy) is 4. The van der Waals surface area contributed by atoms with Gasteiger partial charge < -0.3 is 34.3 Å². The summed E-state index contributed by atoms with van der Waals surface area (Å²) < 4.78 is 19.7. The summed E-state index contributed by atoms with van der Waals surface area (Å²) in [6.07, 6.45) is 4.79. The maximum Gasteiger partial charge on any atom is 0.258 e. The van der Waals surface area contributed by atoms with Gasteiger partial charge in [-0.3, -0.25) is 15.0 Å². The van der Waals surface area contributed by atoms with Crippen molar-refractivity contribution in [2.24, 2.45) is 5.92 Å². The fourth-order valence-corrected chi connectivity index (χ4v) is 3.01. The molecule has 1 aromatic rings. The molecule has 0 spiro atoms. The second-order valence-electron chi connectivity index (χ2n) is 8.32. The van der Waals surface area contributed by atoms with Crippen molar-refractivity contribution in [2.75, 3.05) is 77.7 Å². The zero-order valence-electron chi connectivity index (χ0n) is 25.0. The highest BCUT2D eigenvalue weighted by molar-refractivity contribution is 6.14. The molecule has 2 rings (SSSR count). The Morgan fingerprint density at radius 3 is 1.65 bits per heavy atom. The summed E-state index contributed by atoms with van der Waals surface area (Å²) in [5.74, 6) is -0.850. The number of hydrogen-bond donors (Lipinski definition) is 4. The van der Waals surface area contributed by atoms with Crippen LogP contribution in [-0.4, -0.2) is 99.8 Å². The number of anilines is 1. The number of nitrogens with one attached hydrogen (secondary N) is 1. The van der Waals surface area contributed by atoms with Gasteiger partial charge in [-0.2, -0.15) is 0 Å². The highest BCUT2D eigenvalue weighted by Gasteiger charge is 2.39. The number of amides is 2. The van der Waals surface area contributed by atoms with Crippen LogP contribution in [0.2, 0.25) is 0 Å². The molecule has 234 valence electrons. The van der Waals surface area contributed by atoms with Crippen molar-refractivity contribution in [1.82, 2.24) is 5.43 Å². The molecule has 1 heterocycles. The number of aliphatic hydroxyl groups excluding tert-OH is 3. The van der Waals surface area contributed by atoms with Gasteiger partial charge in [0.15, 0.2) is 0 Å². The van der Waals surface area contributed by atoms with Gasteiger partial charge in [0.25, 0.3) is 11.8 Å². The number of carbonyl (C=O) groups is 2. The Hall–Kier alpha value is -2.12. The van der Waals surface area contributed by atoms with Crippen molar-refractivity contribution in [1.29, 1.82) is 0 Å². The first-order valence-electron chi connectivity index (χ1n) is 14.3. The predicted molar refractivity (Wildman–Crippen MR) is 156 cm³/mol. The lowest BCUT2D eigenvalue weighted by Gasteiger charge is -2.14. The number of benzene rings is 1. The molecule has 0 radical (unpaired) electrons. The van der Waals surface area contributed by atoms with Crippen LogP contribution in [-0.2, 0) is 28.5 Å². The SMILES string of the molecule is CCCCC1C(=O)NN(c2ccccc2)C1=O.CCCCOCCOCCO.CCOCC.OCCOCCO. The van der Waals surface area contributed by atoms with Gasteiger partial charge in [0.05, 0.1) is 58.5 Å². The van der Waals surface area contributed by atoms with Crippen molar-refractivity contribution in [2.45, 2.75) is 59.8 Å². The molecule has 0 aliphatic carbocycles. The fraction of sp³-hybridized carbons (Fsp3) is 0.724. The second-order valence-corrected chi connectivity index (χ2v) is 8.32. The molecule has 1 unspecified atom stereocenters. The van der Waals surface area contributed by atoms with Gasteiger partial charge in [-0.1, -0.05) is 51.3 Å². The molecule has 1 aliphatic rings. The molecule has 2 amide bonds. The molecule has 1 fully saturated rings. The van der Waals surface area contributed by atoms with Crippen LogP contribution in [0.4, 0.5) is 5.69 Å². The normalized spacial score (nSPS) is 13.9. The zero-order chi connectivity index (χ0) is 30.3. The van der Waals surface area contributed by atoms with Crippen LogP contribution in [0.25, 0.3) is 0 Å². The lowest BCUT2D eigenvalue weighted by molar-refractivity contribution is -0.127. The Morgan fingerprint density at radius 1 is 0.700 bits per heavy atom. The minimum atomic E-state index is -0.518. The van der Waals surface area contributed by atoms with Crippen molar-refractivity contribution in [3.05, 3.63) is 30.3 Å². The number of aliphatic hydroxyl groups is 3. The van der Waals surface area contributed by atoms with Crippen LogP contribution in [0.1, 0.15) is 59.8 Å². The van der Waals surface area contributed by atoms with Gasteiger partial charge in [-0.15, -0.1) is 0 Å². The monoisotopic (exact) mass is 574 g/mol. The molecule has 1 aliphatic heterocycles. The molecule has 11 heteroatoms. The summed E-state index contributed by atoms with van der Waals surface area (Å²) in [6, 6.07) is 9.17. The van der Waals surface area contributed by atoms with Gasteiger partial charge in [0, 0.05) is 19.8 Å². The molecule has 1 atom stereocenters. The van der Waals surface area contributed by atoms with E-state index in [2.05, 4.69) is 17.1 Å². The molecular weight excluding hydrogens is 520 g/mol. The van der Waals surface area contributed by atoms with E-state index in [9.17, 15) is 9.59 Å². The van der Waals surface area contributed by atoms with Gasteiger partial charge in [-0.25, -0.2) is 5.01 Å². The summed E-state index contributed by atoms with van der Waals surface area (Å²) in [6.45, 7) is 13.1. The van der Waals surface area contributed by atoms with E-state index in [-0.39, 0.29) is 31.6 Å². The third kappa shape index (κ3) is 22.7. The van der Waals surface area contributed by atoms with Gasteiger partial charge in [-0.05, 0) is 38.8 Å². The van der Waals surface area contributed by atoms with E-state index in [1.807, 2.05) is 39.0 Å². The van der Waals surface area contributed by atoms with E-state index >= 15 is 0 Å². The molecule has 0 saturated carbocycles. The number of hydrazine groups is 1. The molecule has 11 nitrogen and oxygen atoms in total. The highest BCUT2D eigenvalue weighted by atomic mass is 16.5. The molecule has 0 bridgehead atoms. The van der Waals surface area contributed by atoms with Crippen LogP contribution < -0.4 is 10.4 Å². The quantitative estimate of drug-likeness (QED) is 0.153. The largest absolute Gasteiger partial charge is 0.394 e. The highest BCUT2D eigenvalue weighted by Crippen LogP contribution is 2.22. The van der Waals surface area contributed by atoms with E-state index in [1.54, 1.807) is 12.1 Å². The molecule has 4 N–H and O–H groups in total. The minimum absolute atomic E-state index is 0.0278. The average molecular weight is 575 g/mol. The third-order valence-electron chi connectivity index (χ3n) is 5.05. The lowest BCUT2D eigenvalue weighted by Crippen LogP contribution is -2.35. The first-order chi connectivity index (χ1) is 19.5. The van der Waals surface area contributed by atoms with E-state index in [1.165, 1.54) is 5.01 Å². The number of nitrogens with zero attached hydrogens (tertiary/aromatic N) is 1. The summed E-state index contributed by atoms with van der Waals surface area (Å²) in [7, 11) is 0. The van der Waals surface area contributed by atoms with Crippen molar-refractivity contribution in [3.63, 3.8) is 0 Å². The maximum absolute atomic E-state index is 12.1. The molecule has 0 aromatic heterocycles. The number of carbonyl (C=O) groups excluding carboxylic acids is 2. The lowest BCUT2D eigenvalue weighted by atomic mass is 10.0. The Morgan fingerprint density at radius 2 is 1.20 bits per heavy atom. The summed E-state index contributed by atoms with van der Waals surface area (Å²) in [5.41, 5.74) is 3.34. The summed E-state index contributed by atoms with van der Waals surface area (Å²) in [4.78, 5) is 23.8. The Bertz CT molecular complexity index is 667. The van der Waals surface area contributed by atoms with E-state index in [0.717, 1.165) is 45.5 Å². The van der Waals surface area contributed by atoms with E-state index < -0.39 is 5.92 Å². The molecular formula is C29H54N2O9. The maximum atomic E-state index is 12.1. The van der Waals surface area contributed by atoms with Gasteiger partial charge >= 0.3 is 0 Å². The summed E-state index contributed by atoms with van der Waals surface area (Å²) in [5, 5.41) is 25.9. The van der Waals surface area contributed by atoms with Crippen LogP contribution in [0.15, 0.2) is 30.3 Å². The third-order valence-corrected chi connectivity index (χ3v) is 5.05. The van der Waals surface area contributed by atoms with E-state index in [4.69, 9.17) is 29.5 Å². The Labute approximate surface area is 240 Å². The molecule has 40 heavy (non-hydrogen) atoms. The number of unbranched alkanes of at least 4 members (excludes halogenated alkanes) is 2. The van der Waals surface area contributed by atoms with Crippen molar-refractivity contribution >= 4 is 17.5 Å². The minimum Gasteiger partial charge on any atom is -0.394 e. The van der Waals surface area contributed by atoms with Crippen molar-refractivity contribution < 1.29 is 43.9 Å². The predicted octanol–water partition coefficient (Wildman–Crippen LogP) is 2.71. The van der Waals surface area contributed by atoms with Crippen molar-refractivity contribution in [3.8, 4) is 0 Å². The average Bonchev–Trinajstić information content (AvgIpc) is 3.26. The fourth-order valence-electron chi connectivity index (χ4n) is 3.01. The van der Waals surface area contributed by atoms with Crippen LogP contribution in [0.3, 0.4) is 0 Å². The zero-order valence-corrected chi connectivity index (χ0v) is 25.0. The second kappa shape index (κ2) is 31.4. The topological polar surface area (TPSA) is 147 Å². The molecule has 1 saturated heterocycles. The number of para-hydroxylation sites is 1. The van der Waals surface area contributed by atoms with Crippen LogP contribution in [0, 0.1) is 5.92 Å². The van der Waals surface area contributed by atoms with Gasteiger partial charge in [0.1, 0.15) is 5.92 Å². The molecule has 1 aromatic carbocycles. The smallest absolute Gasteiger partial charge is 0.258 e. The number of hydrogen-bond acceptors (Lipinski definition) is 9. The Kier molecular flexibility index (Phi) is 31.4. The van der Waals surface area contributed by atoms with Crippen LogP contribution in [0.5, 0.6) is 0 Å². The first-order valence-corrected chi connectivity index (χ1v) is 14.3. The van der Waals surface area contributed by atoms with Gasteiger partial charge in [0.2, 0.25) is 0 Å². The van der Waals surface area contributed by atoms with Crippen LogP contribution >= 0.6 is 0 Å². The summed E-state index contributed by atoms with van der Waals surface area (Å²) >= 11 is 0. The van der Waals surface area contributed by atoms with E-state index in [0.29, 0.717) is 45.1 Å².